The van der Waals surface area contributed by atoms with E-state index in [1.54, 1.807) is 17.5 Å². The molecule has 0 aliphatic carbocycles. The first kappa shape index (κ1) is 18.7. The number of thiazole rings is 1. The minimum atomic E-state index is -2.87. The largest absolute Gasteiger partial charge is 0.435 e. The van der Waals surface area contributed by atoms with Gasteiger partial charge in [-0.3, -0.25) is 4.79 Å². The van der Waals surface area contributed by atoms with E-state index in [1.165, 1.54) is 23.5 Å². The topological polar surface area (TPSA) is 63.2 Å². The number of carbonyl (C=O) groups excluding carboxylic acids is 1. The fourth-order valence-corrected chi connectivity index (χ4v) is 3.52. The van der Waals surface area contributed by atoms with Crippen LogP contribution in [0, 0.1) is 5.92 Å². The molecule has 0 saturated carbocycles. The quantitative estimate of drug-likeness (QED) is 0.796. The lowest BCUT2D eigenvalue weighted by Gasteiger charge is -2.25. The molecule has 2 atom stereocenters. The van der Waals surface area contributed by atoms with Crippen LogP contribution in [0.4, 0.5) is 18.3 Å². The molecule has 5 nitrogen and oxygen atoms in total. The van der Waals surface area contributed by atoms with E-state index in [-0.39, 0.29) is 30.5 Å². The van der Waals surface area contributed by atoms with Crippen molar-refractivity contribution in [1.29, 1.82) is 0 Å². The zero-order valence-electron chi connectivity index (χ0n) is 13.8. The molecule has 2 heterocycles. The van der Waals surface area contributed by atoms with Gasteiger partial charge in [0.1, 0.15) is 11.9 Å². The number of ether oxygens (including phenoxy) is 1. The van der Waals surface area contributed by atoms with Gasteiger partial charge in [-0.1, -0.05) is 0 Å². The summed E-state index contributed by atoms with van der Waals surface area (Å²) in [5.41, 5.74) is 1.32. The van der Waals surface area contributed by atoms with E-state index in [2.05, 4.69) is 20.4 Å². The number of hydrogen-bond donors (Lipinski definition) is 2. The summed E-state index contributed by atoms with van der Waals surface area (Å²) in [6.07, 6.45) is -0.266. The third-order valence-electron chi connectivity index (χ3n) is 4.12. The van der Waals surface area contributed by atoms with Crippen molar-refractivity contribution in [3.8, 4) is 17.0 Å². The predicted molar refractivity (Wildman–Crippen MR) is 93.3 cm³/mol. The number of hydrogen-bond acceptors (Lipinski definition) is 5. The van der Waals surface area contributed by atoms with Gasteiger partial charge in [-0.2, -0.15) is 8.78 Å². The van der Waals surface area contributed by atoms with Crippen LogP contribution >= 0.6 is 11.3 Å². The number of nitrogens with zero attached hydrogens (tertiary/aromatic N) is 1. The predicted octanol–water partition coefficient (Wildman–Crippen LogP) is 3.69. The first-order valence-corrected chi connectivity index (χ1v) is 9.04. The summed E-state index contributed by atoms with van der Waals surface area (Å²) >= 11 is 1.25. The molecule has 1 amide bonds. The number of anilines is 1. The van der Waals surface area contributed by atoms with Crippen LogP contribution in [0.15, 0.2) is 29.6 Å². The Labute approximate surface area is 152 Å². The number of alkyl halides is 3. The highest BCUT2D eigenvalue weighted by Gasteiger charge is 2.26. The highest BCUT2D eigenvalue weighted by molar-refractivity contribution is 7.14. The molecule has 2 unspecified atom stereocenters. The molecular formula is C17H18F3N3O2S. The number of halogens is 3. The van der Waals surface area contributed by atoms with E-state index in [0.717, 1.165) is 0 Å². The third kappa shape index (κ3) is 4.95. The molecule has 9 heteroatoms. The maximum Gasteiger partial charge on any atom is 0.387 e. The lowest BCUT2D eigenvalue weighted by molar-refractivity contribution is -0.117. The van der Waals surface area contributed by atoms with Gasteiger partial charge in [0, 0.05) is 29.8 Å². The van der Waals surface area contributed by atoms with Gasteiger partial charge in [-0.15, -0.1) is 11.3 Å². The second kappa shape index (κ2) is 8.50. The summed E-state index contributed by atoms with van der Waals surface area (Å²) in [5.74, 6) is -0.477. The van der Waals surface area contributed by atoms with Gasteiger partial charge in [0.05, 0.1) is 5.69 Å². The molecule has 1 aromatic heterocycles. The Kier molecular flexibility index (Phi) is 6.10. The van der Waals surface area contributed by atoms with Crippen LogP contribution in [0.25, 0.3) is 11.3 Å². The van der Waals surface area contributed by atoms with Gasteiger partial charge >= 0.3 is 6.61 Å². The minimum absolute atomic E-state index is 0.0651. The molecule has 1 saturated heterocycles. The molecule has 1 aromatic carbocycles. The average Bonchev–Trinajstić information content (AvgIpc) is 3.05. The lowest BCUT2D eigenvalue weighted by Crippen LogP contribution is -2.39. The Morgan fingerprint density at radius 1 is 1.38 bits per heavy atom. The van der Waals surface area contributed by atoms with Crippen LogP contribution in [0.1, 0.15) is 12.8 Å². The number of carbonyl (C=O) groups is 1. The van der Waals surface area contributed by atoms with E-state index in [9.17, 15) is 18.0 Å². The fraction of sp³-hybridized carbons (Fsp3) is 0.412. The molecule has 1 aliphatic rings. The molecule has 0 bridgehead atoms. The number of nitrogens with one attached hydrogen (secondary N) is 2. The smallest absolute Gasteiger partial charge is 0.387 e. The molecule has 3 rings (SSSR count). The zero-order chi connectivity index (χ0) is 18.5. The van der Waals surface area contributed by atoms with Crippen molar-refractivity contribution in [2.24, 2.45) is 5.92 Å². The highest BCUT2D eigenvalue weighted by Crippen LogP contribution is 2.27. The summed E-state index contributed by atoms with van der Waals surface area (Å²) in [4.78, 5) is 16.4. The molecule has 1 aliphatic heterocycles. The molecule has 0 spiro atoms. The first-order valence-electron chi connectivity index (χ1n) is 8.16. The highest BCUT2D eigenvalue weighted by atomic mass is 32.1. The number of amides is 1. The Morgan fingerprint density at radius 2 is 2.15 bits per heavy atom. The summed E-state index contributed by atoms with van der Waals surface area (Å²) in [5, 5.41) is 7.82. The molecule has 2 N–H and O–H groups in total. The normalized spacial score (nSPS) is 20.2. The first-order chi connectivity index (χ1) is 12.5. The maximum atomic E-state index is 13.8. The number of aromatic nitrogens is 1. The molecule has 1 fully saturated rings. The van der Waals surface area contributed by atoms with Gasteiger partial charge in [0.25, 0.3) is 0 Å². The number of rotatable bonds is 6. The summed E-state index contributed by atoms with van der Waals surface area (Å²) < 4.78 is 42.4. The van der Waals surface area contributed by atoms with Crippen LogP contribution in [0.5, 0.6) is 5.75 Å². The van der Waals surface area contributed by atoms with Crippen molar-refractivity contribution < 1.29 is 22.7 Å². The van der Waals surface area contributed by atoms with Gasteiger partial charge in [-0.05, 0) is 37.2 Å². The molecule has 26 heavy (non-hydrogen) atoms. The summed E-state index contributed by atoms with van der Waals surface area (Å²) in [6, 6.07) is 6.08. The number of benzene rings is 1. The zero-order valence-corrected chi connectivity index (χ0v) is 14.6. The second-order valence-corrected chi connectivity index (χ2v) is 6.82. The van der Waals surface area contributed by atoms with Crippen LogP contribution in [-0.2, 0) is 4.79 Å². The van der Waals surface area contributed by atoms with E-state index < -0.39 is 12.8 Å². The number of piperidine rings is 1. The van der Waals surface area contributed by atoms with Crippen molar-refractivity contribution in [1.82, 2.24) is 10.3 Å². The molecular weight excluding hydrogens is 367 g/mol. The van der Waals surface area contributed by atoms with Gasteiger partial charge in [0.15, 0.2) is 5.13 Å². The van der Waals surface area contributed by atoms with Crippen molar-refractivity contribution in [2.45, 2.75) is 25.6 Å². The van der Waals surface area contributed by atoms with Crippen LogP contribution in [0.3, 0.4) is 0 Å². The van der Waals surface area contributed by atoms with Crippen molar-refractivity contribution in [3.63, 3.8) is 0 Å². The fourth-order valence-electron chi connectivity index (χ4n) is 2.78. The van der Waals surface area contributed by atoms with E-state index in [0.29, 0.717) is 29.4 Å². The van der Waals surface area contributed by atoms with Gasteiger partial charge in [-0.25, -0.2) is 9.37 Å². The standard InChI is InChI=1S/C17H18F3N3O2S/c18-13-8-21-6-5-11(13)7-15(24)23-17-22-14(9-26-17)10-1-3-12(4-2-10)25-16(19)20/h1-4,9,11,13,16,21H,5-8H2,(H,22,23,24). The van der Waals surface area contributed by atoms with Gasteiger partial charge < -0.3 is 15.4 Å². The molecule has 0 radical (unpaired) electrons. The van der Waals surface area contributed by atoms with Crippen molar-refractivity contribution >= 4 is 22.4 Å². The summed E-state index contributed by atoms with van der Waals surface area (Å²) in [7, 11) is 0. The monoisotopic (exact) mass is 385 g/mol. The Hall–Kier alpha value is -2.13. The average molecular weight is 385 g/mol. The Bertz CT molecular complexity index is 739. The van der Waals surface area contributed by atoms with Crippen LogP contribution in [0.2, 0.25) is 0 Å². The van der Waals surface area contributed by atoms with Crippen molar-refractivity contribution in [3.05, 3.63) is 29.6 Å². The maximum absolute atomic E-state index is 13.8. The van der Waals surface area contributed by atoms with Crippen molar-refractivity contribution in [2.75, 3.05) is 18.4 Å². The van der Waals surface area contributed by atoms with E-state index in [4.69, 9.17) is 0 Å². The van der Waals surface area contributed by atoms with E-state index >= 15 is 0 Å². The second-order valence-electron chi connectivity index (χ2n) is 5.96. The Balaban J connectivity index is 1.58. The minimum Gasteiger partial charge on any atom is -0.435 e. The van der Waals surface area contributed by atoms with Gasteiger partial charge in [0.2, 0.25) is 5.91 Å². The SMILES string of the molecule is O=C(CC1CCNCC1F)Nc1nc(-c2ccc(OC(F)F)cc2)cs1. The molecule has 140 valence electrons. The van der Waals surface area contributed by atoms with Crippen LogP contribution < -0.4 is 15.4 Å². The Morgan fingerprint density at radius 3 is 2.85 bits per heavy atom. The van der Waals surface area contributed by atoms with Crippen LogP contribution in [-0.4, -0.2) is 36.8 Å². The lowest BCUT2D eigenvalue weighted by atomic mass is 9.92. The molecule has 2 aromatic rings. The third-order valence-corrected chi connectivity index (χ3v) is 4.87. The van der Waals surface area contributed by atoms with E-state index in [1.807, 2.05) is 0 Å². The summed E-state index contributed by atoms with van der Waals surface area (Å²) in [6.45, 7) is -1.87.